The average molecular weight is 657 g/mol. The number of aliphatic hydroxyl groups excluding tert-OH is 2. The molecule has 17 heteroatoms. The number of aromatic amines is 1. The highest BCUT2D eigenvalue weighted by Gasteiger charge is 2.56. The fraction of sp³-hybridized carbons (Fsp3) is 0.414. The van der Waals surface area contributed by atoms with Gasteiger partial charge in [-0.15, -0.1) is 0 Å². The Hall–Kier alpha value is -4.27. The Balaban J connectivity index is 1.43. The number of aromatic nitrogens is 2. The normalized spacial score (nSPS) is 24.9. The minimum Gasteiger partial charge on any atom is -0.460 e. The Morgan fingerprint density at radius 3 is 2.46 bits per heavy atom. The molecule has 1 saturated heterocycles. The van der Waals surface area contributed by atoms with E-state index in [0.29, 0.717) is 12.8 Å². The summed E-state index contributed by atoms with van der Waals surface area (Å²) in [4.78, 5) is 42.1. The molecule has 46 heavy (non-hydrogen) atoms. The van der Waals surface area contributed by atoms with Crippen LogP contribution in [0.5, 0.6) is 5.75 Å². The molecule has 2 fully saturated rings. The second kappa shape index (κ2) is 14.4. The maximum atomic E-state index is 14.5. The summed E-state index contributed by atoms with van der Waals surface area (Å²) in [7, 11) is -4.60. The van der Waals surface area contributed by atoms with Gasteiger partial charge in [-0.05, 0) is 42.0 Å². The predicted molar refractivity (Wildman–Crippen MR) is 161 cm³/mol. The standard InChI is InChI=1S/C29H33N6O10P/c30-34-33-29(25(38)24(37)26(44-29)35-16-15-22(36)31-28(35)40)18-43-46(41,45-21-13-5-2-6-14-21)32-23(20-11-7-8-12-20)27(39)42-17-19-9-3-1-4-10-19/h1-6,9-10,13-16,20,23-26,37-38H,7-8,11-12,17-18H2,(H,32,41)(H,31,36,40)/t23-,24+,25-,26+,29+,46?/m0/s1. The van der Waals surface area contributed by atoms with Gasteiger partial charge in [-0.2, -0.15) is 5.09 Å². The van der Waals surface area contributed by atoms with E-state index in [1.165, 1.54) is 12.1 Å². The van der Waals surface area contributed by atoms with E-state index in [1.807, 2.05) is 11.1 Å². The van der Waals surface area contributed by atoms with Crippen molar-refractivity contribution in [3.63, 3.8) is 0 Å². The molecule has 1 aliphatic heterocycles. The van der Waals surface area contributed by atoms with E-state index in [0.717, 1.165) is 35.2 Å². The van der Waals surface area contributed by atoms with Crippen LogP contribution in [0.3, 0.4) is 0 Å². The van der Waals surface area contributed by atoms with Crippen molar-refractivity contribution in [1.82, 2.24) is 14.6 Å². The molecule has 1 aliphatic carbocycles. The third kappa shape index (κ3) is 7.57. The zero-order valence-corrected chi connectivity index (χ0v) is 25.3. The van der Waals surface area contributed by atoms with Gasteiger partial charge in [-0.3, -0.25) is 23.7 Å². The molecule has 1 aromatic heterocycles. The summed E-state index contributed by atoms with van der Waals surface area (Å²) in [5, 5.41) is 28.0. The number of aliphatic hydroxyl groups is 2. The topological polar surface area (TPSA) is 227 Å². The number of esters is 1. The molecule has 4 N–H and O–H groups in total. The van der Waals surface area contributed by atoms with Crippen LogP contribution in [-0.2, 0) is 30.0 Å². The number of azide groups is 1. The lowest BCUT2D eigenvalue weighted by molar-refractivity contribution is -0.148. The second-order valence-corrected chi connectivity index (χ2v) is 12.6. The van der Waals surface area contributed by atoms with Crippen molar-refractivity contribution in [3.05, 3.63) is 110 Å². The zero-order chi connectivity index (χ0) is 32.7. The Bertz CT molecular complexity index is 1710. The van der Waals surface area contributed by atoms with E-state index in [9.17, 15) is 34.7 Å². The van der Waals surface area contributed by atoms with Gasteiger partial charge in [0, 0.05) is 17.2 Å². The fourth-order valence-corrected chi connectivity index (χ4v) is 7.04. The van der Waals surface area contributed by atoms with Gasteiger partial charge in [0.25, 0.3) is 5.56 Å². The van der Waals surface area contributed by atoms with Crippen molar-refractivity contribution in [3.8, 4) is 5.75 Å². The van der Waals surface area contributed by atoms with Gasteiger partial charge < -0.3 is 24.2 Å². The number of rotatable bonds is 13. The zero-order valence-electron chi connectivity index (χ0n) is 24.5. The lowest BCUT2D eigenvalue weighted by Crippen LogP contribution is -2.46. The molecule has 2 heterocycles. The number of ether oxygens (including phenoxy) is 2. The van der Waals surface area contributed by atoms with Gasteiger partial charge in [0.2, 0.25) is 5.72 Å². The Morgan fingerprint density at radius 1 is 1.13 bits per heavy atom. The Labute approximate surface area is 262 Å². The molecule has 0 bridgehead atoms. The first-order valence-corrected chi connectivity index (χ1v) is 16.1. The van der Waals surface area contributed by atoms with Crippen molar-refractivity contribution < 1.29 is 38.1 Å². The van der Waals surface area contributed by atoms with Crippen LogP contribution in [0.15, 0.2) is 87.6 Å². The Morgan fingerprint density at radius 2 is 1.80 bits per heavy atom. The molecule has 0 amide bonds. The largest absolute Gasteiger partial charge is 0.460 e. The summed E-state index contributed by atoms with van der Waals surface area (Å²) in [6.45, 7) is -0.990. The first-order valence-electron chi connectivity index (χ1n) is 14.5. The molecule has 1 saturated carbocycles. The molecule has 2 aromatic carbocycles. The van der Waals surface area contributed by atoms with Crippen LogP contribution in [-0.4, -0.2) is 56.3 Å². The molecule has 6 atom stereocenters. The molecule has 5 rings (SSSR count). The number of H-pyrrole nitrogens is 1. The molecule has 1 unspecified atom stereocenters. The maximum absolute atomic E-state index is 14.5. The van der Waals surface area contributed by atoms with Gasteiger partial charge >= 0.3 is 19.4 Å². The molecule has 3 aromatic rings. The number of nitrogens with one attached hydrogen (secondary N) is 2. The van der Waals surface area contributed by atoms with Crippen molar-refractivity contribution in [2.24, 2.45) is 11.0 Å². The van der Waals surface area contributed by atoms with Gasteiger partial charge in [-0.1, -0.05) is 66.5 Å². The summed E-state index contributed by atoms with van der Waals surface area (Å²) in [5.41, 5.74) is 5.98. The predicted octanol–water partition coefficient (Wildman–Crippen LogP) is 2.89. The summed E-state index contributed by atoms with van der Waals surface area (Å²) in [6.07, 6.45) is -1.54. The highest BCUT2D eigenvalue weighted by molar-refractivity contribution is 7.52. The van der Waals surface area contributed by atoms with Gasteiger partial charge in [-0.25, -0.2) is 9.36 Å². The van der Waals surface area contributed by atoms with Crippen molar-refractivity contribution in [2.45, 2.75) is 62.5 Å². The van der Waals surface area contributed by atoms with Crippen molar-refractivity contribution >= 4 is 13.7 Å². The van der Waals surface area contributed by atoms with Gasteiger partial charge in [0.15, 0.2) is 6.23 Å². The fourth-order valence-electron chi connectivity index (χ4n) is 5.44. The van der Waals surface area contributed by atoms with Crippen LogP contribution in [0.2, 0.25) is 0 Å². The first kappa shape index (κ1) is 33.1. The summed E-state index contributed by atoms with van der Waals surface area (Å²) >= 11 is 0. The van der Waals surface area contributed by atoms with E-state index in [-0.39, 0.29) is 18.3 Å². The van der Waals surface area contributed by atoms with Crippen LogP contribution in [0.25, 0.3) is 10.4 Å². The molecule has 0 spiro atoms. The summed E-state index contributed by atoms with van der Waals surface area (Å²) in [5.74, 6) is -0.868. The molecule has 16 nitrogen and oxygen atoms in total. The third-order valence-electron chi connectivity index (χ3n) is 7.80. The number of nitrogens with zero attached hydrogens (tertiary/aromatic N) is 4. The minimum absolute atomic E-state index is 0.0291. The van der Waals surface area contributed by atoms with Crippen LogP contribution in [0.4, 0.5) is 0 Å². The van der Waals surface area contributed by atoms with Gasteiger partial charge in [0.1, 0.15) is 30.6 Å². The van der Waals surface area contributed by atoms with Gasteiger partial charge in [0.05, 0.1) is 6.61 Å². The average Bonchev–Trinajstić information content (AvgIpc) is 3.67. The third-order valence-corrected chi connectivity index (χ3v) is 9.31. The number of hydrogen-bond acceptors (Lipinski definition) is 11. The highest BCUT2D eigenvalue weighted by atomic mass is 31.2. The molecule has 2 aliphatic rings. The lowest BCUT2D eigenvalue weighted by atomic mass is 9.99. The maximum Gasteiger partial charge on any atom is 0.459 e. The van der Waals surface area contributed by atoms with E-state index < -0.39 is 61.8 Å². The summed E-state index contributed by atoms with van der Waals surface area (Å²) in [6, 6.07) is 16.8. The van der Waals surface area contributed by atoms with Crippen LogP contribution in [0.1, 0.15) is 37.5 Å². The number of carbonyl (C=O) groups excluding carboxylic acids is 1. The quantitative estimate of drug-likeness (QED) is 0.0687. The van der Waals surface area contributed by atoms with Crippen molar-refractivity contribution in [1.29, 1.82) is 0 Å². The second-order valence-electron chi connectivity index (χ2n) is 10.9. The number of carbonyl (C=O) groups is 1. The number of benzene rings is 2. The molecule has 0 radical (unpaired) electrons. The first-order chi connectivity index (χ1) is 22.1. The van der Waals surface area contributed by atoms with Crippen LogP contribution < -0.4 is 20.9 Å². The number of para-hydroxylation sites is 1. The molecule has 244 valence electrons. The van der Waals surface area contributed by atoms with Crippen LogP contribution >= 0.6 is 7.75 Å². The SMILES string of the molecule is [N-]=[N+]=N[C@]1(COP(=O)(N[C@H](C(=O)OCc2ccccc2)C2CCCC2)Oc2ccccc2)O[C@@H](n2ccc(=O)[nH]c2=O)[C@H](O)[C@@H]1O. The summed E-state index contributed by atoms with van der Waals surface area (Å²) < 4.78 is 38.1. The van der Waals surface area contributed by atoms with E-state index >= 15 is 0 Å². The highest BCUT2D eigenvalue weighted by Crippen LogP contribution is 2.49. The number of hydrogen-bond donors (Lipinski definition) is 4. The van der Waals surface area contributed by atoms with E-state index in [4.69, 9.17) is 18.5 Å². The monoisotopic (exact) mass is 656 g/mol. The minimum atomic E-state index is -4.60. The molecular formula is C29H33N6O10P. The Kier molecular flexibility index (Phi) is 10.4. The van der Waals surface area contributed by atoms with Crippen LogP contribution in [0, 0.1) is 5.92 Å². The van der Waals surface area contributed by atoms with Crippen molar-refractivity contribution in [2.75, 3.05) is 6.61 Å². The molecular weight excluding hydrogens is 623 g/mol. The van der Waals surface area contributed by atoms with E-state index in [2.05, 4.69) is 15.1 Å². The smallest absolute Gasteiger partial charge is 0.459 e. The van der Waals surface area contributed by atoms with E-state index in [1.54, 1.807) is 42.5 Å². The lowest BCUT2D eigenvalue weighted by Gasteiger charge is -2.31.